The van der Waals surface area contributed by atoms with E-state index in [0.29, 0.717) is 6.42 Å². The number of carbonyl (C=O) groups is 3. The van der Waals surface area contributed by atoms with Crippen LogP contribution in [-0.2, 0) is 14.4 Å². The molecular weight excluding hydrogens is 280 g/mol. The third kappa shape index (κ3) is 3.29. The molecule has 3 atom stereocenters. The molecule has 1 fully saturated rings. The molecule has 1 saturated heterocycles. The van der Waals surface area contributed by atoms with Crippen molar-refractivity contribution in [2.45, 2.75) is 46.1 Å². The molecule has 1 aliphatic heterocycles. The molecule has 5 nitrogen and oxygen atoms in total. The molecule has 0 aromatic heterocycles. The summed E-state index contributed by atoms with van der Waals surface area (Å²) in [5.74, 6) is -1.28. The summed E-state index contributed by atoms with van der Waals surface area (Å²) < 4.78 is 0. The van der Waals surface area contributed by atoms with Gasteiger partial charge in [0.2, 0.25) is 17.7 Å². The zero-order valence-corrected chi connectivity index (χ0v) is 13.7. The van der Waals surface area contributed by atoms with E-state index in [1.54, 1.807) is 0 Å². The number of fused-ring (bicyclic) bond motifs is 1. The van der Waals surface area contributed by atoms with Gasteiger partial charge in [-0.3, -0.25) is 19.3 Å². The zero-order valence-electron chi connectivity index (χ0n) is 13.7. The van der Waals surface area contributed by atoms with E-state index in [0.717, 1.165) is 18.4 Å². The second-order valence-corrected chi connectivity index (χ2v) is 6.44. The molecule has 2 rings (SSSR count). The molecule has 0 saturated carbocycles. The van der Waals surface area contributed by atoms with Crippen LogP contribution in [0.2, 0.25) is 0 Å². The predicted octanol–water partition coefficient (Wildman–Crippen LogP) is 1.80. The Morgan fingerprint density at radius 3 is 2.59 bits per heavy atom. The average molecular weight is 304 g/mol. The maximum atomic E-state index is 12.3. The first-order chi connectivity index (χ1) is 10.3. The number of nitrogens with zero attached hydrogens (tertiary/aromatic N) is 1. The van der Waals surface area contributed by atoms with E-state index in [4.69, 9.17) is 0 Å². The number of carbonyl (C=O) groups excluding carboxylic acids is 3. The monoisotopic (exact) mass is 304 g/mol. The van der Waals surface area contributed by atoms with Crippen molar-refractivity contribution in [1.29, 1.82) is 0 Å². The molecule has 3 amide bonds. The highest BCUT2D eigenvalue weighted by atomic mass is 16.2. The smallest absolute Gasteiger partial charge is 0.235 e. The SMILES string of the molecule is CC(=O)N[C@@H]1C=C(CCC=C(C)C)C[C@@H]2C(=O)N(C)C(=O)[C@@H]21. The maximum Gasteiger partial charge on any atom is 0.235 e. The second kappa shape index (κ2) is 6.46. The minimum atomic E-state index is -0.450. The molecule has 0 spiro atoms. The van der Waals surface area contributed by atoms with Gasteiger partial charge in [0.1, 0.15) is 0 Å². The van der Waals surface area contributed by atoms with E-state index in [1.165, 1.54) is 24.4 Å². The van der Waals surface area contributed by atoms with Crippen LogP contribution in [0, 0.1) is 11.8 Å². The van der Waals surface area contributed by atoms with E-state index in [1.807, 2.05) is 6.08 Å². The second-order valence-electron chi connectivity index (χ2n) is 6.44. The van der Waals surface area contributed by atoms with E-state index in [2.05, 4.69) is 25.2 Å². The Morgan fingerprint density at radius 1 is 1.32 bits per heavy atom. The number of allylic oxidation sites excluding steroid dienone is 3. The number of likely N-dealkylation sites (tertiary alicyclic amines) is 1. The summed E-state index contributed by atoms with van der Waals surface area (Å²) in [6.07, 6.45) is 6.53. The normalized spacial score (nSPS) is 27.4. The molecule has 0 radical (unpaired) electrons. The lowest BCUT2D eigenvalue weighted by atomic mass is 9.77. The van der Waals surface area contributed by atoms with Crippen LogP contribution < -0.4 is 5.32 Å². The van der Waals surface area contributed by atoms with Crippen LogP contribution in [0.4, 0.5) is 0 Å². The lowest BCUT2D eigenvalue weighted by molar-refractivity contribution is -0.138. The molecule has 0 unspecified atom stereocenters. The minimum absolute atomic E-state index is 0.127. The molecule has 0 aromatic carbocycles. The van der Waals surface area contributed by atoms with Crippen molar-refractivity contribution in [3.8, 4) is 0 Å². The summed E-state index contributed by atoms with van der Waals surface area (Å²) in [6, 6.07) is -0.376. The van der Waals surface area contributed by atoms with Crippen molar-refractivity contribution >= 4 is 17.7 Å². The van der Waals surface area contributed by atoms with E-state index in [-0.39, 0.29) is 29.7 Å². The highest BCUT2D eigenvalue weighted by molar-refractivity contribution is 6.05. The number of hydrogen-bond donors (Lipinski definition) is 1. The fourth-order valence-electron chi connectivity index (χ4n) is 3.33. The third-order valence-corrected chi connectivity index (χ3v) is 4.37. The molecule has 1 heterocycles. The van der Waals surface area contributed by atoms with Crippen molar-refractivity contribution in [1.82, 2.24) is 10.2 Å². The lowest BCUT2D eigenvalue weighted by Crippen LogP contribution is -2.45. The standard InChI is InChI=1S/C17H24N2O3/c1-10(2)6-5-7-12-8-13-15(14(9-12)18-11(3)20)17(22)19(4)16(13)21/h6,9,13-15H,5,7-8H2,1-4H3,(H,18,20)/t13-,14+,15-/m0/s1. The van der Waals surface area contributed by atoms with E-state index in [9.17, 15) is 14.4 Å². The Kier molecular flexibility index (Phi) is 4.84. The van der Waals surface area contributed by atoms with E-state index < -0.39 is 5.92 Å². The first kappa shape index (κ1) is 16.5. The molecule has 120 valence electrons. The molecule has 1 aliphatic carbocycles. The van der Waals surface area contributed by atoms with Gasteiger partial charge in [-0.15, -0.1) is 0 Å². The van der Waals surface area contributed by atoms with Gasteiger partial charge >= 0.3 is 0 Å². The molecule has 5 heteroatoms. The molecule has 2 aliphatic rings. The summed E-state index contributed by atoms with van der Waals surface area (Å²) in [5.41, 5.74) is 2.41. The van der Waals surface area contributed by atoms with Gasteiger partial charge in [-0.05, 0) is 33.1 Å². The third-order valence-electron chi connectivity index (χ3n) is 4.37. The Balaban J connectivity index is 2.22. The van der Waals surface area contributed by atoms with Crippen molar-refractivity contribution in [2.24, 2.45) is 11.8 Å². The van der Waals surface area contributed by atoms with Gasteiger partial charge in [-0.25, -0.2) is 0 Å². The van der Waals surface area contributed by atoms with Crippen molar-refractivity contribution in [3.05, 3.63) is 23.3 Å². The molecular formula is C17H24N2O3. The zero-order chi connectivity index (χ0) is 16.4. The Bertz CT molecular complexity index is 558. The van der Waals surface area contributed by atoms with Crippen molar-refractivity contribution in [2.75, 3.05) is 7.05 Å². The average Bonchev–Trinajstić information content (AvgIpc) is 2.63. The number of amides is 3. The molecule has 22 heavy (non-hydrogen) atoms. The van der Waals surface area contributed by atoms with Gasteiger partial charge in [0, 0.05) is 14.0 Å². The Labute approximate surface area is 131 Å². The van der Waals surface area contributed by atoms with Crippen LogP contribution in [0.15, 0.2) is 23.3 Å². The summed E-state index contributed by atoms with van der Waals surface area (Å²) in [6.45, 7) is 5.55. The number of imide groups is 1. The van der Waals surface area contributed by atoms with Gasteiger partial charge in [0.15, 0.2) is 0 Å². The van der Waals surface area contributed by atoms with E-state index >= 15 is 0 Å². The largest absolute Gasteiger partial charge is 0.349 e. The van der Waals surface area contributed by atoms with Crippen LogP contribution in [0.1, 0.15) is 40.0 Å². The quantitative estimate of drug-likeness (QED) is 0.636. The highest BCUT2D eigenvalue weighted by Gasteiger charge is 2.51. The molecule has 1 N–H and O–H groups in total. The fourth-order valence-corrected chi connectivity index (χ4v) is 3.33. The van der Waals surface area contributed by atoms with Crippen LogP contribution >= 0.6 is 0 Å². The van der Waals surface area contributed by atoms with Gasteiger partial charge in [-0.1, -0.05) is 23.3 Å². The Hall–Kier alpha value is -1.91. The first-order valence-electron chi connectivity index (χ1n) is 7.72. The van der Waals surface area contributed by atoms with Crippen LogP contribution in [-0.4, -0.2) is 35.7 Å². The predicted molar refractivity (Wildman–Crippen MR) is 83.7 cm³/mol. The molecule has 0 aromatic rings. The van der Waals surface area contributed by atoms with Crippen molar-refractivity contribution in [3.63, 3.8) is 0 Å². The number of rotatable bonds is 4. The van der Waals surface area contributed by atoms with Gasteiger partial charge < -0.3 is 5.32 Å². The van der Waals surface area contributed by atoms with Crippen molar-refractivity contribution < 1.29 is 14.4 Å². The Morgan fingerprint density at radius 2 is 2.00 bits per heavy atom. The summed E-state index contributed by atoms with van der Waals surface area (Å²) in [5, 5.41) is 2.82. The minimum Gasteiger partial charge on any atom is -0.349 e. The summed E-state index contributed by atoms with van der Waals surface area (Å²) in [7, 11) is 1.52. The topological polar surface area (TPSA) is 66.5 Å². The van der Waals surface area contributed by atoms with Gasteiger partial charge in [0.25, 0.3) is 0 Å². The first-order valence-corrected chi connectivity index (χ1v) is 7.72. The fraction of sp³-hybridized carbons (Fsp3) is 0.588. The molecule has 0 bridgehead atoms. The summed E-state index contributed by atoms with van der Waals surface area (Å²) >= 11 is 0. The van der Waals surface area contributed by atoms with Gasteiger partial charge in [0.05, 0.1) is 17.9 Å². The van der Waals surface area contributed by atoms with Crippen LogP contribution in [0.3, 0.4) is 0 Å². The highest BCUT2D eigenvalue weighted by Crippen LogP contribution is 2.38. The van der Waals surface area contributed by atoms with Crippen LogP contribution in [0.5, 0.6) is 0 Å². The summed E-state index contributed by atoms with van der Waals surface area (Å²) in [4.78, 5) is 37.2. The maximum absolute atomic E-state index is 12.3. The number of nitrogens with one attached hydrogen (secondary N) is 1. The van der Waals surface area contributed by atoms with Crippen LogP contribution in [0.25, 0.3) is 0 Å². The number of hydrogen-bond acceptors (Lipinski definition) is 3. The van der Waals surface area contributed by atoms with Gasteiger partial charge in [-0.2, -0.15) is 0 Å². The lowest BCUT2D eigenvalue weighted by Gasteiger charge is -2.30.